The van der Waals surface area contributed by atoms with Gasteiger partial charge in [0.1, 0.15) is 0 Å². The zero-order chi connectivity index (χ0) is 24.8. The number of hydrogen-bond donors (Lipinski definition) is 0. The highest BCUT2D eigenvalue weighted by molar-refractivity contribution is 5.83. The number of para-hydroxylation sites is 2. The van der Waals surface area contributed by atoms with Crippen LogP contribution in [-0.4, -0.2) is 19.7 Å². The Bertz CT molecular complexity index is 1280. The third kappa shape index (κ3) is 5.13. The van der Waals surface area contributed by atoms with Crippen LogP contribution in [0.2, 0.25) is 0 Å². The van der Waals surface area contributed by atoms with E-state index in [0.717, 1.165) is 6.07 Å². The minimum atomic E-state index is -0.804. The summed E-state index contributed by atoms with van der Waals surface area (Å²) >= 11 is 0. The quantitative estimate of drug-likeness (QED) is 0.234. The molecule has 0 aliphatic rings. The monoisotopic (exact) mass is 462 g/mol. The molecule has 12 nitrogen and oxygen atoms in total. The summed E-state index contributed by atoms with van der Waals surface area (Å²) in [4.78, 5) is 42.7. The number of hydrogen-bond acceptors (Lipinski definition) is 8. The maximum absolute atomic E-state index is 11.5. The van der Waals surface area contributed by atoms with Crippen molar-refractivity contribution in [3.8, 4) is 0 Å². The summed E-state index contributed by atoms with van der Waals surface area (Å²) in [5.41, 5.74) is -1.34. The zero-order valence-electron chi connectivity index (χ0n) is 17.1. The van der Waals surface area contributed by atoms with Crippen molar-refractivity contribution in [1.82, 2.24) is 0 Å². The van der Waals surface area contributed by atoms with E-state index in [1.807, 2.05) is 0 Å². The molecule has 3 aromatic carbocycles. The Morgan fingerprint density at radius 1 is 0.441 bits per heavy atom. The first-order chi connectivity index (χ1) is 16.2. The highest BCUT2D eigenvalue weighted by atomic mass is 16.6. The van der Waals surface area contributed by atoms with E-state index in [4.69, 9.17) is 0 Å². The Labute approximate surface area is 190 Å². The highest BCUT2D eigenvalue weighted by Crippen LogP contribution is 2.33. The van der Waals surface area contributed by atoms with Gasteiger partial charge in [0.05, 0.1) is 48.0 Å². The third-order valence-corrected chi connectivity index (χ3v) is 4.72. The predicted octanol–water partition coefficient (Wildman–Crippen LogP) is 5.66. The molecular formula is C22H14N4O8. The molecule has 12 heteroatoms. The summed E-state index contributed by atoms with van der Waals surface area (Å²) in [6.45, 7) is 0. The summed E-state index contributed by atoms with van der Waals surface area (Å²) < 4.78 is 0. The van der Waals surface area contributed by atoms with Gasteiger partial charge in [-0.25, -0.2) is 0 Å². The number of nitro groups is 4. The van der Waals surface area contributed by atoms with Crippen LogP contribution in [0, 0.1) is 40.5 Å². The van der Waals surface area contributed by atoms with E-state index in [0.29, 0.717) is 0 Å². The van der Waals surface area contributed by atoms with E-state index in [-0.39, 0.29) is 33.6 Å². The summed E-state index contributed by atoms with van der Waals surface area (Å²) in [6.07, 6.45) is 5.07. The molecule has 0 aliphatic heterocycles. The van der Waals surface area contributed by atoms with Crippen LogP contribution in [-0.2, 0) is 0 Å². The van der Waals surface area contributed by atoms with E-state index in [2.05, 4.69) is 0 Å². The van der Waals surface area contributed by atoms with Gasteiger partial charge in [0.15, 0.2) is 0 Å². The summed E-state index contributed by atoms with van der Waals surface area (Å²) in [7, 11) is 0. The lowest BCUT2D eigenvalue weighted by atomic mass is 10.0. The van der Waals surface area contributed by atoms with Crippen molar-refractivity contribution in [3.05, 3.63) is 123 Å². The van der Waals surface area contributed by atoms with E-state index in [1.54, 1.807) is 12.1 Å². The van der Waals surface area contributed by atoms with E-state index in [9.17, 15) is 40.5 Å². The average molecular weight is 462 g/mol. The van der Waals surface area contributed by atoms with Gasteiger partial charge in [0.25, 0.3) is 22.7 Å². The van der Waals surface area contributed by atoms with Crippen LogP contribution in [0.5, 0.6) is 0 Å². The zero-order valence-corrected chi connectivity index (χ0v) is 17.1. The van der Waals surface area contributed by atoms with Crippen LogP contribution in [0.25, 0.3) is 24.3 Å². The first-order valence-corrected chi connectivity index (χ1v) is 9.49. The maximum atomic E-state index is 11.5. The minimum Gasteiger partial charge on any atom is -0.258 e. The van der Waals surface area contributed by atoms with Crippen molar-refractivity contribution in [2.75, 3.05) is 0 Å². The van der Waals surface area contributed by atoms with Crippen molar-refractivity contribution in [1.29, 1.82) is 0 Å². The van der Waals surface area contributed by atoms with E-state index >= 15 is 0 Å². The normalized spacial score (nSPS) is 11.1. The second-order valence-corrected chi connectivity index (χ2v) is 6.78. The summed E-state index contributed by atoms with van der Waals surface area (Å²) in [5, 5.41) is 45.5. The van der Waals surface area contributed by atoms with Gasteiger partial charge in [0, 0.05) is 12.1 Å². The molecule has 0 saturated heterocycles. The van der Waals surface area contributed by atoms with Crippen molar-refractivity contribution >= 4 is 47.1 Å². The highest BCUT2D eigenvalue weighted by Gasteiger charge is 2.23. The predicted molar refractivity (Wildman–Crippen MR) is 124 cm³/mol. The van der Waals surface area contributed by atoms with Crippen molar-refractivity contribution < 1.29 is 19.7 Å². The minimum absolute atomic E-state index is 0.0454. The maximum Gasteiger partial charge on any atom is 0.283 e. The Balaban J connectivity index is 2.14. The van der Waals surface area contributed by atoms with Crippen LogP contribution in [0.3, 0.4) is 0 Å². The number of nitrogens with zero attached hydrogens (tertiary/aromatic N) is 4. The Morgan fingerprint density at radius 2 is 0.765 bits per heavy atom. The summed E-state index contributed by atoms with van der Waals surface area (Å²) in [5.74, 6) is 0. The second kappa shape index (κ2) is 9.91. The van der Waals surface area contributed by atoms with E-state index < -0.39 is 31.1 Å². The summed E-state index contributed by atoms with van der Waals surface area (Å²) in [6, 6.07) is 13.4. The molecule has 3 rings (SSSR count). The second-order valence-electron chi connectivity index (χ2n) is 6.78. The smallest absolute Gasteiger partial charge is 0.258 e. The largest absolute Gasteiger partial charge is 0.283 e. The van der Waals surface area contributed by atoms with Gasteiger partial charge in [-0.3, -0.25) is 40.5 Å². The van der Waals surface area contributed by atoms with Gasteiger partial charge >= 0.3 is 0 Å². The lowest BCUT2D eigenvalue weighted by molar-refractivity contribution is -0.394. The molecule has 3 aromatic rings. The SMILES string of the molecule is O=[N+]([O-])c1ccccc1C=Cc1cc(C=Cc2ccccc2[N+](=O)[O-])c([N+](=O)[O-])cc1[N+](=O)[O-]. The lowest BCUT2D eigenvalue weighted by Gasteiger charge is -2.03. The molecule has 34 heavy (non-hydrogen) atoms. The molecule has 0 atom stereocenters. The van der Waals surface area contributed by atoms with Gasteiger partial charge in [0.2, 0.25) is 0 Å². The van der Waals surface area contributed by atoms with Gasteiger partial charge in [-0.15, -0.1) is 0 Å². The first kappa shape index (κ1) is 23.4. The number of rotatable bonds is 8. The number of nitro benzene ring substituents is 4. The molecule has 0 saturated carbocycles. The third-order valence-electron chi connectivity index (χ3n) is 4.72. The Morgan fingerprint density at radius 3 is 1.12 bits per heavy atom. The van der Waals surface area contributed by atoms with Gasteiger partial charge in [-0.05, 0) is 42.5 Å². The standard InChI is InChI=1S/C22H14N4O8/c27-23(28)19-7-3-1-5-15(19)9-11-17-13-18(22(26(33)34)14-21(17)25(31)32)12-10-16-6-2-4-8-20(16)24(29)30/h1-14H. The van der Waals surface area contributed by atoms with Gasteiger partial charge < -0.3 is 0 Å². The van der Waals surface area contributed by atoms with Crippen LogP contribution < -0.4 is 0 Å². The molecule has 0 spiro atoms. The lowest BCUT2D eigenvalue weighted by Crippen LogP contribution is -1.98. The fourth-order valence-electron chi connectivity index (χ4n) is 3.14. The fraction of sp³-hybridized carbons (Fsp3) is 0. The van der Waals surface area contributed by atoms with Crippen LogP contribution in [0.1, 0.15) is 22.3 Å². The molecule has 0 N–H and O–H groups in total. The van der Waals surface area contributed by atoms with Crippen molar-refractivity contribution in [2.24, 2.45) is 0 Å². The van der Waals surface area contributed by atoms with Crippen molar-refractivity contribution in [3.63, 3.8) is 0 Å². The topological polar surface area (TPSA) is 173 Å². The molecule has 170 valence electrons. The van der Waals surface area contributed by atoms with Crippen LogP contribution in [0.15, 0.2) is 60.7 Å². The molecule has 0 heterocycles. The Kier molecular flexibility index (Phi) is 6.82. The molecule has 0 unspecified atom stereocenters. The van der Waals surface area contributed by atoms with Crippen LogP contribution >= 0.6 is 0 Å². The van der Waals surface area contributed by atoms with E-state index in [1.165, 1.54) is 66.8 Å². The molecule has 0 bridgehead atoms. The molecule has 0 aliphatic carbocycles. The average Bonchev–Trinajstić information content (AvgIpc) is 2.81. The van der Waals surface area contributed by atoms with Crippen LogP contribution in [0.4, 0.5) is 22.7 Å². The first-order valence-electron chi connectivity index (χ1n) is 9.49. The molecule has 0 amide bonds. The molecule has 0 fully saturated rings. The van der Waals surface area contributed by atoms with Crippen molar-refractivity contribution in [2.45, 2.75) is 0 Å². The Hall–Kier alpha value is -5.26. The fourth-order valence-corrected chi connectivity index (χ4v) is 3.14. The molecule has 0 radical (unpaired) electrons. The molecular weight excluding hydrogens is 448 g/mol. The van der Waals surface area contributed by atoms with Gasteiger partial charge in [-0.2, -0.15) is 0 Å². The number of benzene rings is 3. The molecule has 0 aromatic heterocycles. The van der Waals surface area contributed by atoms with Gasteiger partial charge in [-0.1, -0.05) is 24.3 Å².